The van der Waals surface area contributed by atoms with Crippen LogP contribution in [0.15, 0.2) is 42.0 Å². The Morgan fingerprint density at radius 1 is 0.478 bits per heavy atom. The van der Waals surface area contributed by atoms with Crippen LogP contribution in [0.5, 0.6) is 0 Å². The summed E-state index contributed by atoms with van der Waals surface area (Å²) in [5.41, 5.74) is 2.13. The molecule has 6 unspecified atom stereocenters. The molecule has 0 saturated carbocycles. The van der Waals surface area contributed by atoms with Crippen molar-refractivity contribution in [2.24, 2.45) is 11.8 Å². The van der Waals surface area contributed by atoms with E-state index < -0.39 is 141 Å². The number of benzene rings is 1. The van der Waals surface area contributed by atoms with E-state index in [4.69, 9.17) is 125 Å². The van der Waals surface area contributed by atoms with E-state index in [1.54, 1.807) is 41.0 Å². The highest BCUT2D eigenvalue weighted by atomic mass is 79.9. The van der Waals surface area contributed by atoms with Crippen LogP contribution in [0.25, 0.3) is 0 Å². The second-order valence-corrected chi connectivity index (χ2v) is 36.0. The Morgan fingerprint density at radius 3 is 1.22 bits per heavy atom. The van der Waals surface area contributed by atoms with Crippen molar-refractivity contribution in [1.29, 1.82) is 0 Å². The minimum atomic E-state index is -2.21. The van der Waals surface area contributed by atoms with Crippen LogP contribution in [0.1, 0.15) is 177 Å². The van der Waals surface area contributed by atoms with Crippen LogP contribution in [0.3, 0.4) is 0 Å². The molecule has 666 valence electrons. The van der Waals surface area contributed by atoms with E-state index in [9.17, 15) is 29.2 Å². The van der Waals surface area contributed by atoms with Gasteiger partial charge >= 0.3 is 18.1 Å². The number of rotatable bonds is 14. The molecule has 8 N–H and O–H groups in total. The number of esters is 2. The molecule has 0 spiro atoms. The van der Waals surface area contributed by atoms with Gasteiger partial charge in [-0.05, 0) is 152 Å². The third kappa shape index (κ3) is 29.4. The van der Waals surface area contributed by atoms with Crippen molar-refractivity contribution in [1.82, 2.24) is 0 Å². The maximum atomic E-state index is 11.6. The summed E-state index contributed by atoms with van der Waals surface area (Å²) in [6, 6.07) is 10.3. The average Bonchev–Trinajstić information content (AvgIpc) is 1.62. The molecule has 26 atom stereocenters. The smallest absolute Gasteiger partial charge is 0.373 e. The highest BCUT2D eigenvalue weighted by molar-refractivity contribution is 9.08. The fourth-order valence-corrected chi connectivity index (χ4v) is 15.5. The van der Waals surface area contributed by atoms with Crippen LogP contribution in [0, 0.1) is 11.8 Å². The van der Waals surface area contributed by atoms with Gasteiger partial charge in [0.1, 0.15) is 73.2 Å². The molecule has 1 aromatic rings. The van der Waals surface area contributed by atoms with E-state index >= 15 is 0 Å². The molecule has 13 heterocycles. The SMILES string of the molecule is BrCc1ccccc1.CC1(C)O[C@H]2O[C@H](CO)C(O)[C@@H]2O1.CCC1[C@@H](CC)O[C@@H]2OC(C)(C)O[C@@H]12.CC[C@H]1O[C@@H]2OC(C)(C)O[C@H]2/C1=C\C(=O)OC.CC[C@H]1O[C@@H]2OC(C)(C)O[C@H]2C1=O.CC[C@H]1O[C@@H]2OC(C)(C)O[C@H]2C1CCO.CC[C@H]1O[C@@H]2OC(C)(C)O[C@H]2C1O.COC(=O)CP(C)(C)=O.O=C=O.OC[C@H]1OC(O)[C@@H](O)C1O.[HH]. The number of hydrogen-bond donors (Lipinski definition) is 8. The third-order valence-electron chi connectivity index (χ3n) is 19.6. The lowest BCUT2D eigenvalue weighted by molar-refractivity contribution is -0.218. The zero-order valence-corrected chi connectivity index (χ0v) is 72.9. The lowest BCUT2D eigenvalue weighted by Gasteiger charge is -2.24. The van der Waals surface area contributed by atoms with Gasteiger partial charge in [-0.2, -0.15) is 9.59 Å². The standard InChI is InChI=1S/C12H18O5.C11H20O4.C11H20O3.C9H16O4.C9H14O4.C8H14O5.C7H7Br.C5H10O5.C5H11O3P.CO2.H2/c1-5-8-7(6-9(13)14-4)10-11(15-8)17-12(2,3)16-10;1-4-8-7(5-6-12)9-10(13-8)15-11(2,3)14-9;1-5-7-8(6-2)12-10-9(7)13-11(3,4)14-10;2*1-4-5-6(10)7-8(11-5)13-9(2,3)12-7;1-8(2)12-6-5(10)4(3-9)11-7(6)13-8;8-6-7-4-2-1-3-5-7;6-1-2-3(7)4(8)5(9)10-2;1-8-5(6)4-9(2,3)7;2-1-3;/h6,8,10-11H,5H2,1-4H3;7-10,12H,4-6H2,1-3H3;7-10H,5-6H2,1-4H3;5-8,10H,4H2,1-3H3;5,7-8H,4H2,1-3H3;4-7,9-10H,3H2,1-2H3;1-5H,6H2;2-9H,1H2;4H2,1-3H3;;1H/b7-6-;;;;;;;;;;/t8-,10+,11-;2*7?,8-,9+,10-;5-,6?,7+,8-;5-,7+,8-;4-,5?,6+,7-;;2-,3?,4+,5?;;;/m111111.1.../s1. The Kier molecular flexibility index (Phi) is 40.1. The summed E-state index contributed by atoms with van der Waals surface area (Å²) in [5, 5.41) is 73.1. The number of alkyl halides is 1. The molecule has 14 rings (SSSR count). The summed E-state index contributed by atoms with van der Waals surface area (Å²) in [5.74, 6) is -3.77. The van der Waals surface area contributed by atoms with E-state index in [1.807, 2.05) is 94.4 Å². The highest BCUT2D eigenvalue weighted by Crippen LogP contribution is 2.47. The second kappa shape index (κ2) is 45.1. The Bertz CT molecular complexity index is 3190. The lowest BCUT2D eigenvalue weighted by Crippen LogP contribution is -2.36. The zero-order valence-electron chi connectivity index (χ0n) is 70.4. The van der Waals surface area contributed by atoms with E-state index in [2.05, 4.69) is 63.0 Å². The first kappa shape index (κ1) is 102. The Morgan fingerprint density at radius 2 is 0.861 bits per heavy atom. The van der Waals surface area contributed by atoms with Crippen molar-refractivity contribution < 1.29 is 170 Å². The Balaban J connectivity index is 0.000000275. The number of hydrogen-bond acceptors (Lipinski definition) is 35. The molecule has 0 amide bonds. The minimum absolute atomic E-state index is 0. The number of carbonyl (C=O) groups is 3. The van der Waals surface area contributed by atoms with Crippen molar-refractivity contribution in [2.45, 2.75) is 357 Å². The van der Waals surface area contributed by atoms with Crippen LogP contribution in [-0.2, 0) is 133 Å². The molecule has 13 aliphatic heterocycles. The second-order valence-electron chi connectivity index (χ2n) is 31.9. The number of aliphatic hydroxyl groups is 8. The Labute approximate surface area is 684 Å². The zero-order chi connectivity index (χ0) is 86.7. The minimum Gasteiger partial charge on any atom is -0.469 e. The average molecular weight is 1740 g/mol. The normalized spacial score (nSPS) is 38.0. The molecule has 13 fully saturated rings. The summed E-state index contributed by atoms with van der Waals surface area (Å²) >= 11 is 3.36. The molecule has 35 nitrogen and oxygen atoms in total. The van der Waals surface area contributed by atoms with Gasteiger partial charge in [-0.25, -0.2) is 4.79 Å². The number of Topliss-reactive ketones (excluding diaryl/α,β-unsaturated/α-hetero) is 1. The molecular weight excluding hydrogens is 1610 g/mol. The van der Waals surface area contributed by atoms with Gasteiger partial charge < -0.3 is 145 Å². The van der Waals surface area contributed by atoms with Gasteiger partial charge in [0.05, 0.1) is 65.2 Å². The fourth-order valence-electron chi connectivity index (χ4n) is 14.4. The van der Waals surface area contributed by atoms with E-state index in [1.165, 1.54) is 25.9 Å². The molecule has 0 radical (unpaired) electrons. The number of methoxy groups -OCH3 is 2. The molecular formula is C78H132BrO35P. The molecule has 1 aromatic carbocycles. The van der Waals surface area contributed by atoms with Crippen LogP contribution in [0.4, 0.5) is 0 Å². The van der Waals surface area contributed by atoms with Crippen molar-refractivity contribution in [3.8, 4) is 0 Å². The van der Waals surface area contributed by atoms with Crippen LogP contribution in [0.2, 0.25) is 0 Å². The molecule has 13 saturated heterocycles. The topological polar surface area (TPSA) is 458 Å². The first-order valence-corrected chi connectivity index (χ1v) is 43.1. The molecule has 0 aliphatic carbocycles. The summed E-state index contributed by atoms with van der Waals surface area (Å²) < 4.78 is 125. The monoisotopic (exact) mass is 1740 g/mol. The van der Waals surface area contributed by atoms with Crippen LogP contribution in [-0.4, -0.2) is 301 Å². The predicted octanol–water partition coefficient (Wildman–Crippen LogP) is 6.08. The molecule has 37 heteroatoms. The van der Waals surface area contributed by atoms with Gasteiger partial charge in [0, 0.05) is 31.3 Å². The van der Waals surface area contributed by atoms with Crippen molar-refractivity contribution in [2.75, 3.05) is 53.5 Å². The maximum absolute atomic E-state index is 11.6. The van der Waals surface area contributed by atoms with Gasteiger partial charge in [0.2, 0.25) is 0 Å². The number of ether oxygens (including phenoxy) is 21. The fraction of sp³-hybridized carbons (Fsp3) is 0.846. The van der Waals surface area contributed by atoms with Gasteiger partial charge in [0.15, 0.2) is 90.6 Å². The first-order valence-electron chi connectivity index (χ1n) is 39.2. The van der Waals surface area contributed by atoms with E-state index in [-0.39, 0.29) is 100 Å². The van der Waals surface area contributed by atoms with Gasteiger partial charge in [-0.3, -0.25) is 9.59 Å². The summed E-state index contributed by atoms with van der Waals surface area (Å²) in [6.45, 7) is 37.0. The summed E-state index contributed by atoms with van der Waals surface area (Å²) in [7, 11) is 0.428. The number of fused-ring (bicyclic) bond motifs is 6. The number of aliphatic hydroxyl groups excluding tert-OH is 8. The molecule has 115 heavy (non-hydrogen) atoms. The number of carbonyl (C=O) groups excluding carboxylic acids is 5. The van der Waals surface area contributed by atoms with Gasteiger partial charge in [0.25, 0.3) is 0 Å². The van der Waals surface area contributed by atoms with Crippen molar-refractivity contribution in [3.63, 3.8) is 0 Å². The van der Waals surface area contributed by atoms with Crippen LogP contribution < -0.4 is 0 Å². The van der Waals surface area contributed by atoms with Gasteiger partial charge in [-0.1, -0.05) is 87.8 Å². The molecule has 13 aliphatic rings. The van der Waals surface area contributed by atoms with E-state index in [0.717, 1.165) is 49.4 Å². The summed E-state index contributed by atoms with van der Waals surface area (Å²) in [6.07, 6.45) is -2.87. The third-order valence-corrected chi connectivity index (χ3v) is 21.3. The van der Waals surface area contributed by atoms with Crippen molar-refractivity contribution in [3.05, 3.63) is 47.5 Å². The van der Waals surface area contributed by atoms with Crippen LogP contribution >= 0.6 is 23.1 Å². The Hall–Kier alpha value is -3.42. The number of ketones is 1. The van der Waals surface area contributed by atoms with Gasteiger partial charge in [-0.15, -0.1) is 0 Å². The summed E-state index contributed by atoms with van der Waals surface area (Å²) in [4.78, 5) is 49.6. The predicted molar refractivity (Wildman–Crippen MR) is 409 cm³/mol. The maximum Gasteiger partial charge on any atom is 0.373 e. The van der Waals surface area contributed by atoms with Crippen molar-refractivity contribution >= 4 is 46.9 Å². The quantitative estimate of drug-likeness (QED) is 0.0453. The molecule has 0 bridgehead atoms. The largest absolute Gasteiger partial charge is 0.469 e. The lowest BCUT2D eigenvalue weighted by atomic mass is 9.93. The molecule has 0 aromatic heterocycles. The highest BCUT2D eigenvalue weighted by Gasteiger charge is 2.59. The van der Waals surface area contributed by atoms with E-state index in [0.29, 0.717) is 18.4 Å². The number of halogens is 1. The first-order chi connectivity index (χ1) is 53.7.